The summed E-state index contributed by atoms with van der Waals surface area (Å²) in [5.41, 5.74) is -6.05. The third kappa shape index (κ3) is 6.11. The van der Waals surface area contributed by atoms with Gasteiger partial charge >= 0.3 is 17.9 Å². The molecule has 2 bridgehead atoms. The van der Waals surface area contributed by atoms with Crippen LogP contribution in [0.2, 0.25) is 18.1 Å². The molecule has 9 atom stereocenters. The summed E-state index contributed by atoms with van der Waals surface area (Å²) in [4.78, 5) is 56.3. The van der Waals surface area contributed by atoms with E-state index in [2.05, 4.69) is 20.8 Å². The van der Waals surface area contributed by atoms with E-state index in [1.165, 1.54) is 14.0 Å². The van der Waals surface area contributed by atoms with Gasteiger partial charge in [-0.15, -0.1) is 0 Å². The first-order valence-corrected chi connectivity index (χ1v) is 20.5. The SMILES string of the molecule is CC[Si](CC)(CC)O[C@H]1C[C@H]2OC[C@@]2(OC(C)=O)[C@H]2[C@H](OC(=O)c3ccccc3)[C@]3(O)C[C@H](O)C(C)=C([C@@H](OC(=O)COC)C(=O)[C@]12C)C3(C)C. The zero-order valence-electron chi connectivity index (χ0n) is 31.3. The van der Waals surface area contributed by atoms with Crippen LogP contribution in [0.15, 0.2) is 41.5 Å². The molecule has 12 nitrogen and oxygen atoms in total. The van der Waals surface area contributed by atoms with Crippen LogP contribution in [0.3, 0.4) is 0 Å². The molecule has 0 amide bonds. The van der Waals surface area contributed by atoms with Gasteiger partial charge in [0, 0.05) is 32.3 Å². The smallest absolute Gasteiger partial charge is 0.338 e. The number of fused-ring (bicyclic) bond motifs is 5. The molecule has 282 valence electrons. The normalized spacial score (nSPS) is 35.7. The van der Waals surface area contributed by atoms with Gasteiger partial charge in [0.25, 0.3) is 0 Å². The van der Waals surface area contributed by atoms with E-state index in [-0.39, 0.29) is 30.6 Å². The summed E-state index contributed by atoms with van der Waals surface area (Å²) in [6.45, 7) is 13.5. The highest BCUT2D eigenvalue weighted by Crippen LogP contribution is 2.65. The van der Waals surface area contributed by atoms with E-state index in [0.717, 1.165) is 18.1 Å². The van der Waals surface area contributed by atoms with Gasteiger partial charge in [-0.1, -0.05) is 52.8 Å². The van der Waals surface area contributed by atoms with Crippen LogP contribution in [0.4, 0.5) is 0 Å². The van der Waals surface area contributed by atoms with Crippen molar-refractivity contribution in [2.24, 2.45) is 16.7 Å². The van der Waals surface area contributed by atoms with Crippen molar-refractivity contribution in [3.8, 4) is 0 Å². The number of esters is 3. The van der Waals surface area contributed by atoms with Crippen molar-refractivity contribution in [3.63, 3.8) is 0 Å². The molecule has 2 N–H and O–H groups in total. The molecule has 1 saturated heterocycles. The monoisotopic (exact) mass is 730 g/mol. The third-order valence-corrected chi connectivity index (χ3v) is 17.4. The topological polar surface area (TPSA) is 164 Å². The molecule has 1 aromatic rings. The molecule has 1 aromatic carbocycles. The maximum Gasteiger partial charge on any atom is 0.338 e. The van der Waals surface area contributed by atoms with Gasteiger partial charge in [-0.2, -0.15) is 0 Å². The quantitative estimate of drug-likeness (QED) is 0.144. The molecule has 13 heteroatoms. The summed E-state index contributed by atoms with van der Waals surface area (Å²) in [7, 11) is -1.18. The van der Waals surface area contributed by atoms with Gasteiger partial charge in [0.15, 0.2) is 25.8 Å². The number of ketones is 1. The van der Waals surface area contributed by atoms with Gasteiger partial charge in [0.05, 0.1) is 35.7 Å². The Morgan fingerprint density at radius 2 is 1.65 bits per heavy atom. The molecule has 0 aromatic heterocycles. The highest BCUT2D eigenvalue weighted by atomic mass is 28.4. The Morgan fingerprint density at radius 3 is 2.18 bits per heavy atom. The maximum atomic E-state index is 15.8. The van der Waals surface area contributed by atoms with Crippen molar-refractivity contribution in [2.45, 2.75) is 128 Å². The number of aliphatic hydroxyl groups is 2. The zero-order valence-corrected chi connectivity index (χ0v) is 32.3. The minimum Gasteiger partial charge on any atom is -0.455 e. The van der Waals surface area contributed by atoms with Crippen LogP contribution in [0.5, 0.6) is 0 Å². The number of ether oxygens (including phenoxy) is 5. The van der Waals surface area contributed by atoms with Crippen LogP contribution in [0.1, 0.15) is 78.6 Å². The molecule has 3 fully saturated rings. The largest absolute Gasteiger partial charge is 0.455 e. The lowest BCUT2D eigenvalue weighted by Gasteiger charge is -2.68. The minimum absolute atomic E-state index is 0.149. The number of hydrogen-bond donors (Lipinski definition) is 2. The standard InChI is InChI=1S/C38H54O12Si/c1-10-51(11-2,12-3)50-26-18-27-37(21-46-27,49-23(5)39)31-33(48-34(43)24-16-14-13-15-17-24)38(44)19-25(40)22(4)29(35(38,6)7)30(32(42)36(26,31)8)47-28(41)20-45-9/h13-17,25-27,30-31,33,40,44H,10-12,18-21H2,1-9H3/t25-,26-,27+,30+,31-,33-,36+,37-,38+/m0/s1. The Labute approximate surface area is 301 Å². The van der Waals surface area contributed by atoms with Crippen LogP contribution < -0.4 is 0 Å². The Kier molecular flexibility index (Phi) is 10.9. The number of carbonyl (C=O) groups excluding carboxylic acids is 4. The first-order chi connectivity index (χ1) is 23.9. The van der Waals surface area contributed by atoms with Crippen molar-refractivity contribution in [2.75, 3.05) is 20.3 Å². The van der Waals surface area contributed by atoms with Gasteiger partial charge < -0.3 is 38.3 Å². The highest BCUT2D eigenvalue weighted by Gasteiger charge is 2.78. The second-order valence-corrected chi connectivity index (χ2v) is 20.1. The van der Waals surface area contributed by atoms with Crippen LogP contribution >= 0.6 is 0 Å². The van der Waals surface area contributed by atoms with Gasteiger partial charge in [-0.05, 0) is 55.3 Å². The lowest BCUT2D eigenvalue weighted by atomic mass is 9.44. The molecule has 1 heterocycles. The van der Waals surface area contributed by atoms with Gasteiger partial charge in [0.2, 0.25) is 0 Å². The van der Waals surface area contributed by atoms with E-state index < -0.39 is 97.1 Å². The summed E-state index contributed by atoms with van der Waals surface area (Å²) >= 11 is 0. The second kappa shape index (κ2) is 14.1. The Balaban J connectivity index is 1.88. The van der Waals surface area contributed by atoms with E-state index in [9.17, 15) is 24.6 Å². The number of methoxy groups -OCH3 is 1. The van der Waals surface area contributed by atoms with E-state index >= 15 is 4.79 Å². The third-order valence-electron chi connectivity index (χ3n) is 12.7. The van der Waals surface area contributed by atoms with E-state index in [1.54, 1.807) is 58.0 Å². The zero-order chi connectivity index (χ0) is 37.7. The average molecular weight is 731 g/mol. The summed E-state index contributed by atoms with van der Waals surface area (Å²) in [5, 5.41) is 25.0. The van der Waals surface area contributed by atoms with E-state index in [4.69, 9.17) is 28.1 Å². The summed E-state index contributed by atoms with van der Waals surface area (Å²) < 4.78 is 37.2. The molecular weight excluding hydrogens is 676 g/mol. The lowest BCUT2D eigenvalue weighted by molar-refractivity contribution is -0.344. The number of carbonyl (C=O) groups is 4. The Morgan fingerprint density at radius 1 is 1.02 bits per heavy atom. The van der Waals surface area contributed by atoms with E-state index in [0.29, 0.717) is 5.57 Å². The lowest BCUT2D eigenvalue weighted by Crippen LogP contribution is -2.82. The van der Waals surface area contributed by atoms with Crippen LogP contribution in [0.25, 0.3) is 0 Å². The molecule has 2 saturated carbocycles. The fourth-order valence-corrected chi connectivity index (χ4v) is 12.4. The Bertz CT molecular complexity index is 1550. The fourth-order valence-electron chi connectivity index (χ4n) is 9.47. The van der Waals surface area contributed by atoms with Gasteiger partial charge in [0.1, 0.15) is 24.4 Å². The Hall–Kier alpha value is -2.94. The second-order valence-electron chi connectivity index (χ2n) is 15.4. The van der Waals surface area contributed by atoms with Crippen molar-refractivity contribution in [1.82, 2.24) is 0 Å². The summed E-state index contributed by atoms with van der Waals surface area (Å²) in [5.74, 6) is -4.10. The van der Waals surface area contributed by atoms with Crippen molar-refractivity contribution in [1.29, 1.82) is 0 Å². The number of rotatable bonds is 11. The first-order valence-electron chi connectivity index (χ1n) is 18.0. The predicted molar refractivity (Wildman–Crippen MR) is 187 cm³/mol. The van der Waals surface area contributed by atoms with Crippen LogP contribution in [-0.4, -0.2) is 104 Å². The molecule has 0 unspecified atom stereocenters. The minimum atomic E-state index is -2.51. The van der Waals surface area contributed by atoms with Crippen molar-refractivity contribution < 1.29 is 57.5 Å². The fraction of sp³-hybridized carbons (Fsp3) is 0.684. The maximum absolute atomic E-state index is 15.8. The molecule has 3 aliphatic carbocycles. The highest BCUT2D eigenvalue weighted by molar-refractivity contribution is 6.73. The average Bonchev–Trinajstić information content (AvgIpc) is 3.08. The first kappa shape index (κ1) is 39.3. The number of Topliss-reactive ketones (excluding diaryl/α,β-unsaturated/α-hetero) is 1. The van der Waals surface area contributed by atoms with Gasteiger partial charge in [-0.25, -0.2) is 9.59 Å². The molecule has 0 spiro atoms. The number of hydrogen-bond acceptors (Lipinski definition) is 12. The molecule has 1 aliphatic heterocycles. The molecule has 51 heavy (non-hydrogen) atoms. The number of benzene rings is 1. The molecule has 5 rings (SSSR count). The van der Waals surface area contributed by atoms with E-state index in [1.807, 2.05) is 0 Å². The molecule has 4 aliphatic rings. The van der Waals surface area contributed by atoms with Crippen molar-refractivity contribution >= 4 is 32.0 Å². The van der Waals surface area contributed by atoms with Gasteiger partial charge in [-0.3, -0.25) is 9.59 Å². The predicted octanol–water partition coefficient (Wildman–Crippen LogP) is 4.31. The molecular formula is C38H54O12Si. The molecule has 0 radical (unpaired) electrons. The summed E-state index contributed by atoms with van der Waals surface area (Å²) in [6, 6.07) is 10.5. The van der Waals surface area contributed by atoms with Crippen LogP contribution in [0, 0.1) is 16.7 Å². The summed E-state index contributed by atoms with van der Waals surface area (Å²) in [6.07, 6.45) is -6.27. The number of aliphatic hydroxyl groups excluding tert-OH is 1. The van der Waals surface area contributed by atoms with Crippen molar-refractivity contribution in [3.05, 3.63) is 47.0 Å². The van der Waals surface area contributed by atoms with Crippen LogP contribution in [-0.2, 0) is 42.5 Å².